The van der Waals surface area contributed by atoms with E-state index in [2.05, 4.69) is 39.4 Å². The Morgan fingerprint density at radius 3 is 2.30 bits per heavy atom. The van der Waals surface area contributed by atoms with Gasteiger partial charge in [0.25, 0.3) is 0 Å². The van der Waals surface area contributed by atoms with Crippen molar-refractivity contribution >= 4 is 28.6 Å². The van der Waals surface area contributed by atoms with Gasteiger partial charge in [-0.25, -0.2) is 9.97 Å². The van der Waals surface area contributed by atoms with Crippen LogP contribution >= 0.6 is 22.7 Å². The van der Waals surface area contributed by atoms with Crippen LogP contribution in [-0.2, 0) is 19.5 Å². The zero-order valence-corrected chi connectivity index (χ0v) is 13.6. The molecule has 2 aromatic rings. The molecule has 7 heteroatoms. The summed E-state index contributed by atoms with van der Waals surface area (Å²) in [6, 6.07) is 0. The normalized spacial score (nSPS) is 11.7. The molecule has 0 spiro atoms. The monoisotopic (exact) mass is 309 g/mol. The molecule has 2 aromatic heterocycles. The number of aromatic nitrogens is 2. The van der Waals surface area contributed by atoms with Crippen LogP contribution in [0.1, 0.15) is 26.7 Å². The second-order valence-corrected chi connectivity index (χ2v) is 6.74. The zero-order valence-electron chi connectivity index (χ0n) is 11.9. The third kappa shape index (κ3) is 4.28. The Kier molecular flexibility index (Phi) is 5.49. The molecule has 0 aliphatic carbocycles. The highest BCUT2D eigenvalue weighted by Gasteiger charge is 2.04. The first-order chi connectivity index (χ1) is 9.71. The largest absolute Gasteiger partial charge is 0.350 e. The summed E-state index contributed by atoms with van der Waals surface area (Å²) in [6.07, 6.45) is 4.87. The average molecular weight is 309 g/mol. The molecule has 0 saturated carbocycles. The first kappa shape index (κ1) is 14.9. The lowest BCUT2D eigenvalue weighted by Gasteiger charge is -2.09. The highest BCUT2D eigenvalue weighted by atomic mass is 32.1. The van der Waals surface area contributed by atoms with Crippen molar-refractivity contribution < 1.29 is 0 Å². The first-order valence-corrected chi connectivity index (χ1v) is 8.14. The SMILES string of the molecule is CCc1cnc(CNC(=NC)NCc2ncc(C)s2)s1. The molecule has 0 radical (unpaired) electrons. The highest BCUT2D eigenvalue weighted by molar-refractivity contribution is 7.11. The van der Waals surface area contributed by atoms with Crippen molar-refractivity contribution in [2.24, 2.45) is 4.99 Å². The molecule has 2 N–H and O–H groups in total. The summed E-state index contributed by atoms with van der Waals surface area (Å²) < 4.78 is 0. The Morgan fingerprint density at radius 2 is 1.80 bits per heavy atom. The van der Waals surface area contributed by atoms with E-state index in [0.717, 1.165) is 22.4 Å². The number of guanidine groups is 1. The Morgan fingerprint density at radius 1 is 1.15 bits per heavy atom. The van der Waals surface area contributed by atoms with Crippen LogP contribution in [0.5, 0.6) is 0 Å². The summed E-state index contributed by atoms with van der Waals surface area (Å²) in [5.41, 5.74) is 0. The number of nitrogens with zero attached hydrogens (tertiary/aromatic N) is 3. The van der Waals surface area contributed by atoms with Gasteiger partial charge in [0.1, 0.15) is 10.0 Å². The Bertz CT molecular complexity index is 573. The Balaban J connectivity index is 1.80. The van der Waals surface area contributed by atoms with E-state index in [9.17, 15) is 0 Å². The molecule has 0 amide bonds. The van der Waals surface area contributed by atoms with Gasteiger partial charge in [-0.1, -0.05) is 6.92 Å². The third-order valence-electron chi connectivity index (χ3n) is 2.66. The molecule has 5 nitrogen and oxygen atoms in total. The summed E-state index contributed by atoms with van der Waals surface area (Å²) in [5.74, 6) is 0.770. The first-order valence-electron chi connectivity index (χ1n) is 6.50. The molecular weight excluding hydrogens is 290 g/mol. The number of rotatable bonds is 5. The second kappa shape index (κ2) is 7.35. The number of aliphatic imine (C=N–C) groups is 1. The van der Waals surface area contributed by atoms with Gasteiger partial charge < -0.3 is 10.6 Å². The fraction of sp³-hybridized carbons (Fsp3) is 0.462. The van der Waals surface area contributed by atoms with Gasteiger partial charge in [-0.15, -0.1) is 22.7 Å². The highest BCUT2D eigenvalue weighted by Crippen LogP contribution is 2.13. The molecule has 20 heavy (non-hydrogen) atoms. The lowest BCUT2D eigenvalue weighted by atomic mass is 10.4. The van der Waals surface area contributed by atoms with Crippen molar-refractivity contribution in [3.63, 3.8) is 0 Å². The van der Waals surface area contributed by atoms with Gasteiger partial charge in [0.2, 0.25) is 0 Å². The van der Waals surface area contributed by atoms with E-state index in [0.29, 0.717) is 13.1 Å². The molecule has 0 atom stereocenters. The van der Waals surface area contributed by atoms with Crippen LogP contribution in [-0.4, -0.2) is 23.0 Å². The van der Waals surface area contributed by atoms with Crippen LogP contribution < -0.4 is 10.6 Å². The van der Waals surface area contributed by atoms with Crippen molar-refractivity contribution in [3.05, 3.63) is 32.2 Å². The lowest BCUT2D eigenvalue weighted by molar-refractivity contribution is 0.801. The summed E-state index contributed by atoms with van der Waals surface area (Å²) in [7, 11) is 1.77. The maximum absolute atomic E-state index is 4.38. The summed E-state index contributed by atoms with van der Waals surface area (Å²) in [5, 5.41) is 8.66. The van der Waals surface area contributed by atoms with Crippen molar-refractivity contribution in [3.8, 4) is 0 Å². The van der Waals surface area contributed by atoms with Gasteiger partial charge in [0.05, 0.1) is 13.1 Å². The van der Waals surface area contributed by atoms with E-state index in [1.54, 1.807) is 29.7 Å². The van der Waals surface area contributed by atoms with Crippen LogP contribution in [0.2, 0.25) is 0 Å². The molecule has 0 aromatic carbocycles. The minimum absolute atomic E-state index is 0.691. The minimum Gasteiger partial charge on any atom is -0.350 e. The van der Waals surface area contributed by atoms with Crippen LogP contribution in [0, 0.1) is 6.92 Å². The fourth-order valence-corrected chi connectivity index (χ4v) is 3.14. The van der Waals surface area contributed by atoms with E-state index in [1.807, 2.05) is 12.4 Å². The number of nitrogens with one attached hydrogen (secondary N) is 2. The van der Waals surface area contributed by atoms with Crippen LogP contribution in [0.25, 0.3) is 0 Å². The van der Waals surface area contributed by atoms with Crippen molar-refractivity contribution in [2.45, 2.75) is 33.4 Å². The second-order valence-electron chi connectivity index (χ2n) is 4.22. The molecule has 0 fully saturated rings. The van der Waals surface area contributed by atoms with E-state index >= 15 is 0 Å². The number of hydrogen-bond donors (Lipinski definition) is 2. The summed E-state index contributed by atoms with van der Waals surface area (Å²) in [4.78, 5) is 15.4. The molecule has 108 valence electrons. The number of thiazole rings is 2. The van der Waals surface area contributed by atoms with Gasteiger partial charge in [0, 0.05) is 29.2 Å². The smallest absolute Gasteiger partial charge is 0.191 e. The van der Waals surface area contributed by atoms with E-state index in [4.69, 9.17) is 0 Å². The minimum atomic E-state index is 0.691. The molecule has 2 heterocycles. The van der Waals surface area contributed by atoms with Crippen molar-refractivity contribution in [1.29, 1.82) is 0 Å². The van der Waals surface area contributed by atoms with E-state index < -0.39 is 0 Å². The third-order valence-corrected chi connectivity index (χ3v) is 4.71. The molecule has 2 rings (SSSR count). The van der Waals surface area contributed by atoms with Gasteiger partial charge in [-0.3, -0.25) is 4.99 Å². The molecule has 0 bridgehead atoms. The summed E-state index contributed by atoms with van der Waals surface area (Å²) in [6.45, 7) is 5.58. The summed E-state index contributed by atoms with van der Waals surface area (Å²) >= 11 is 3.43. The lowest BCUT2D eigenvalue weighted by Crippen LogP contribution is -2.36. The van der Waals surface area contributed by atoms with Crippen LogP contribution in [0.15, 0.2) is 17.4 Å². The van der Waals surface area contributed by atoms with Crippen LogP contribution in [0.3, 0.4) is 0 Å². The molecule has 0 aliphatic rings. The topological polar surface area (TPSA) is 62.2 Å². The van der Waals surface area contributed by atoms with Gasteiger partial charge in [-0.2, -0.15) is 0 Å². The quantitative estimate of drug-likeness (QED) is 0.657. The average Bonchev–Trinajstić information content (AvgIpc) is 3.08. The zero-order chi connectivity index (χ0) is 14.4. The van der Waals surface area contributed by atoms with Crippen LogP contribution in [0.4, 0.5) is 0 Å². The van der Waals surface area contributed by atoms with Crippen molar-refractivity contribution in [1.82, 2.24) is 20.6 Å². The van der Waals surface area contributed by atoms with E-state index in [1.165, 1.54) is 9.75 Å². The van der Waals surface area contributed by atoms with Gasteiger partial charge in [0.15, 0.2) is 5.96 Å². The molecular formula is C13H19N5S2. The van der Waals surface area contributed by atoms with Gasteiger partial charge >= 0.3 is 0 Å². The van der Waals surface area contributed by atoms with Crippen molar-refractivity contribution in [2.75, 3.05) is 7.05 Å². The standard InChI is InChI=1S/C13H19N5S2/c1-4-10-6-16-12(20-10)8-18-13(14-3)17-7-11-15-5-9(2)19-11/h5-6H,4,7-8H2,1-3H3,(H2,14,17,18). The predicted molar refractivity (Wildman–Crippen MR) is 85.4 cm³/mol. The number of aryl methyl sites for hydroxylation is 2. The van der Waals surface area contributed by atoms with E-state index in [-0.39, 0.29) is 0 Å². The maximum atomic E-state index is 4.38. The maximum Gasteiger partial charge on any atom is 0.191 e. The number of hydrogen-bond acceptors (Lipinski definition) is 5. The van der Waals surface area contributed by atoms with Gasteiger partial charge in [-0.05, 0) is 13.3 Å². The predicted octanol–water partition coefficient (Wildman–Crippen LogP) is 2.34. The molecule has 0 aliphatic heterocycles. The Hall–Kier alpha value is -1.47. The molecule has 0 unspecified atom stereocenters. The molecule has 0 saturated heterocycles. The Labute approximate surface area is 127 Å². The fourth-order valence-electron chi connectivity index (χ4n) is 1.62.